The van der Waals surface area contributed by atoms with E-state index in [2.05, 4.69) is 53.3 Å². The van der Waals surface area contributed by atoms with Crippen LogP contribution in [0.15, 0.2) is 22.3 Å². The van der Waals surface area contributed by atoms with E-state index in [1.807, 2.05) is 0 Å². The predicted molar refractivity (Wildman–Crippen MR) is 105 cm³/mol. The van der Waals surface area contributed by atoms with Crippen LogP contribution in [0.25, 0.3) is 0 Å². The number of piperidine rings is 1. The van der Waals surface area contributed by atoms with Crippen LogP contribution in [-0.2, 0) is 11.3 Å². The zero-order valence-electron chi connectivity index (χ0n) is 15.2. The van der Waals surface area contributed by atoms with Crippen molar-refractivity contribution in [1.29, 1.82) is 0 Å². The first-order valence-electron chi connectivity index (χ1n) is 8.87. The highest BCUT2D eigenvalue weighted by molar-refractivity contribution is 8.15. The van der Waals surface area contributed by atoms with Crippen LogP contribution in [0.2, 0.25) is 0 Å². The zero-order valence-corrected chi connectivity index (χ0v) is 16.0. The summed E-state index contributed by atoms with van der Waals surface area (Å²) in [6, 6.07) is 4.42. The first kappa shape index (κ1) is 18.1. The van der Waals surface area contributed by atoms with Crippen molar-refractivity contribution in [2.75, 3.05) is 18.8 Å². The minimum atomic E-state index is -0.0103. The van der Waals surface area contributed by atoms with Gasteiger partial charge in [-0.25, -0.2) is 0 Å². The number of carbonyl (C=O) groups is 1. The van der Waals surface area contributed by atoms with Gasteiger partial charge in [-0.3, -0.25) is 9.69 Å². The first-order valence-corrected chi connectivity index (χ1v) is 9.86. The number of likely N-dealkylation sites (tertiary alicyclic amines) is 1. The Kier molecular flexibility index (Phi) is 5.91. The average Bonchev–Trinajstić information content (AvgIpc) is 2.99. The summed E-state index contributed by atoms with van der Waals surface area (Å²) in [5, 5.41) is 11.5. The van der Waals surface area contributed by atoms with E-state index >= 15 is 0 Å². The molecule has 134 valence electrons. The number of nitrogens with one attached hydrogen (secondary N) is 1. The number of nitrogens with zero attached hydrogens (tertiary/aromatic N) is 3. The van der Waals surface area contributed by atoms with E-state index in [9.17, 15) is 4.79 Å². The number of benzene rings is 1. The van der Waals surface area contributed by atoms with Gasteiger partial charge in [-0.15, -0.1) is 5.10 Å². The number of thioether (sulfide) groups is 1. The van der Waals surface area contributed by atoms with Crippen molar-refractivity contribution in [2.24, 2.45) is 16.1 Å². The summed E-state index contributed by atoms with van der Waals surface area (Å²) in [6.45, 7) is 9.99. The molecule has 0 atom stereocenters. The second kappa shape index (κ2) is 8.15. The molecule has 0 unspecified atom stereocenters. The number of carbonyl (C=O) groups excluding carboxylic acids is 1. The maximum Gasteiger partial charge on any atom is 0.236 e. The molecular weight excluding hydrogens is 332 g/mol. The van der Waals surface area contributed by atoms with Gasteiger partial charge in [-0.05, 0) is 62.4 Å². The summed E-state index contributed by atoms with van der Waals surface area (Å²) in [5.41, 5.74) is 4.96. The molecule has 3 rings (SSSR count). The molecule has 0 bridgehead atoms. The van der Waals surface area contributed by atoms with Gasteiger partial charge in [-0.1, -0.05) is 36.4 Å². The fourth-order valence-electron chi connectivity index (χ4n) is 3.25. The lowest BCUT2D eigenvalue weighted by Crippen LogP contribution is -2.32. The highest BCUT2D eigenvalue weighted by Gasteiger charge is 2.17. The van der Waals surface area contributed by atoms with Gasteiger partial charge < -0.3 is 5.32 Å². The lowest BCUT2D eigenvalue weighted by Gasteiger charge is -2.30. The Balaban J connectivity index is 1.72. The second-order valence-electron chi connectivity index (χ2n) is 7.08. The summed E-state index contributed by atoms with van der Waals surface area (Å²) in [6.07, 6.45) is 4.38. The van der Waals surface area contributed by atoms with Crippen molar-refractivity contribution in [1.82, 2.24) is 10.2 Å². The molecule has 25 heavy (non-hydrogen) atoms. The standard InChI is InChI=1S/C19H26N4OS/c1-13-4-6-23(7-5-13)11-17-9-14(2)8-16(15(17)3)10-20-22-19-21-18(24)12-25-19/h8-10,13H,4-7,11-12H2,1-3H3,(H,21,22,24). The Labute approximate surface area is 154 Å². The zero-order chi connectivity index (χ0) is 17.8. The number of hydrogen-bond acceptors (Lipinski definition) is 5. The molecule has 2 heterocycles. The molecule has 2 aliphatic heterocycles. The molecule has 1 N–H and O–H groups in total. The van der Waals surface area contributed by atoms with Crippen LogP contribution in [0, 0.1) is 19.8 Å². The van der Waals surface area contributed by atoms with Crippen LogP contribution in [0.4, 0.5) is 0 Å². The lowest BCUT2D eigenvalue weighted by molar-refractivity contribution is -0.116. The van der Waals surface area contributed by atoms with Crippen LogP contribution in [0.5, 0.6) is 0 Å². The third-order valence-corrected chi connectivity index (χ3v) is 5.77. The molecule has 1 aromatic carbocycles. The second-order valence-corrected chi connectivity index (χ2v) is 8.05. The third kappa shape index (κ3) is 4.92. The van der Waals surface area contributed by atoms with Crippen molar-refractivity contribution >= 4 is 29.1 Å². The minimum absolute atomic E-state index is 0.0103. The Morgan fingerprint density at radius 2 is 2.08 bits per heavy atom. The van der Waals surface area contributed by atoms with Crippen LogP contribution < -0.4 is 5.32 Å². The molecular formula is C19H26N4OS. The molecule has 1 aromatic rings. The monoisotopic (exact) mass is 358 g/mol. The van der Waals surface area contributed by atoms with E-state index in [0.29, 0.717) is 10.9 Å². The topological polar surface area (TPSA) is 57.1 Å². The molecule has 2 aliphatic rings. The van der Waals surface area contributed by atoms with Crippen LogP contribution in [0.1, 0.15) is 42.0 Å². The Bertz CT molecular complexity index is 706. The predicted octanol–water partition coefficient (Wildman–Crippen LogP) is 3.09. The number of hydrogen-bond donors (Lipinski definition) is 1. The van der Waals surface area contributed by atoms with E-state index < -0.39 is 0 Å². The molecule has 2 fully saturated rings. The largest absolute Gasteiger partial charge is 0.303 e. The van der Waals surface area contributed by atoms with Crippen molar-refractivity contribution in [3.63, 3.8) is 0 Å². The van der Waals surface area contributed by atoms with Gasteiger partial charge in [0, 0.05) is 6.54 Å². The quantitative estimate of drug-likeness (QED) is 0.665. The first-order chi connectivity index (χ1) is 12.0. The molecule has 0 radical (unpaired) electrons. The molecule has 0 aromatic heterocycles. The van der Waals surface area contributed by atoms with Crippen molar-refractivity contribution in [3.05, 3.63) is 34.4 Å². The van der Waals surface area contributed by atoms with Crippen molar-refractivity contribution in [2.45, 2.75) is 40.2 Å². The Morgan fingerprint density at radius 1 is 1.32 bits per heavy atom. The Hall–Kier alpha value is -1.66. The molecule has 6 heteroatoms. The van der Waals surface area contributed by atoms with Crippen LogP contribution in [0.3, 0.4) is 0 Å². The molecule has 5 nitrogen and oxygen atoms in total. The fraction of sp³-hybridized carbons (Fsp3) is 0.526. The smallest absolute Gasteiger partial charge is 0.236 e. The maximum absolute atomic E-state index is 11.2. The summed E-state index contributed by atoms with van der Waals surface area (Å²) in [5.74, 6) is 1.27. The van der Waals surface area contributed by atoms with Gasteiger partial charge in [0.25, 0.3) is 0 Å². The average molecular weight is 359 g/mol. The van der Waals surface area contributed by atoms with E-state index in [1.54, 1.807) is 6.21 Å². The fourth-order valence-corrected chi connectivity index (χ4v) is 3.88. The highest BCUT2D eigenvalue weighted by Crippen LogP contribution is 2.22. The molecule has 0 spiro atoms. The van der Waals surface area contributed by atoms with E-state index in [1.165, 1.54) is 54.4 Å². The molecule has 0 saturated carbocycles. The summed E-state index contributed by atoms with van der Waals surface area (Å²) >= 11 is 1.39. The van der Waals surface area contributed by atoms with Crippen LogP contribution in [-0.4, -0.2) is 41.0 Å². The van der Waals surface area contributed by atoms with E-state index in [-0.39, 0.29) is 5.91 Å². The molecule has 2 saturated heterocycles. The number of rotatable bonds is 4. The van der Waals surface area contributed by atoms with E-state index in [4.69, 9.17) is 0 Å². The van der Waals surface area contributed by atoms with Crippen molar-refractivity contribution < 1.29 is 4.79 Å². The number of amides is 1. The Morgan fingerprint density at radius 3 is 2.76 bits per heavy atom. The number of aryl methyl sites for hydroxylation is 1. The highest BCUT2D eigenvalue weighted by atomic mass is 32.2. The van der Waals surface area contributed by atoms with Crippen LogP contribution >= 0.6 is 11.8 Å². The summed E-state index contributed by atoms with van der Waals surface area (Å²) in [4.78, 5) is 13.7. The lowest BCUT2D eigenvalue weighted by atomic mass is 9.96. The van der Waals surface area contributed by atoms with Gasteiger partial charge >= 0.3 is 0 Å². The van der Waals surface area contributed by atoms with Crippen molar-refractivity contribution in [3.8, 4) is 0 Å². The molecule has 0 aliphatic carbocycles. The third-order valence-electron chi connectivity index (χ3n) is 4.90. The SMILES string of the molecule is Cc1cc(C=NN=C2NC(=O)CS2)c(C)c(CN2CCC(C)CC2)c1. The van der Waals surface area contributed by atoms with Gasteiger partial charge in [-0.2, -0.15) is 5.10 Å². The van der Waals surface area contributed by atoms with E-state index in [0.717, 1.165) is 18.0 Å². The number of amidine groups is 1. The summed E-state index contributed by atoms with van der Waals surface area (Å²) in [7, 11) is 0. The van der Waals surface area contributed by atoms with Gasteiger partial charge in [0.15, 0.2) is 5.17 Å². The van der Waals surface area contributed by atoms with Gasteiger partial charge in [0.1, 0.15) is 0 Å². The summed E-state index contributed by atoms with van der Waals surface area (Å²) < 4.78 is 0. The normalized spacial score (nSPS) is 21.4. The molecule has 1 amide bonds. The maximum atomic E-state index is 11.2. The van der Waals surface area contributed by atoms with Gasteiger partial charge in [0.2, 0.25) is 5.91 Å². The van der Waals surface area contributed by atoms with Gasteiger partial charge in [0.05, 0.1) is 12.0 Å². The minimum Gasteiger partial charge on any atom is -0.303 e.